The molecule has 0 spiro atoms. The van der Waals surface area contributed by atoms with Gasteiger partial charge in [0.05, 0.1) is 12.6 Å². The summed E-state index contributed by atoms with van der Waals surface area (Å²) in [5.41, 5.74) is 6.45. The number of aryl methyl sites for hydroxylation is 2. The highest BCUT2D eigenvalue weighted by Gasteiger charge is 2.62. The standard InChI is InChI=1S/C16H26N2O2S/c1-6-20-13-8-16(17,15(13,4)5)14(19)18-9-12-7-10(2)11(3)21-12/h7,13H,6,8-9,17H2,1-5H3,(H,18,19). The Morgan fingerprint density at radius 1 is 1.52 bits per heavy atom. The maximum atomic E-state index is 12.5. The molecule has 0 aromatic carbocycles. The van der Waals surface area contributed by atoms with E-state index in [-0.39, 0.29) is 17.4 Å². The van der Waals surface area contributed by atoms with Crippen LogP contribution in [0.2, 0.25) is 0 Å². The summed E-state index contributed by atoms with van der Waals surface area (Å²) in [6, 6.07) is 2.12. The summed E-state index contributed by atoms with van der Waals surface area (Å²) >= 11 is 1.72. The van der Waals surface area contributed by atoms with Crippen LogP contribution < -0.4 is 11.1 Å². The van der Waals surface area contributed by atoms with Crippen molar-refractivity contribution in [2.75, 3.05) is 6.61 Å². The lowest BCUT2D eigenvalue weighted by Crippen LogP contribution is -2.75. The highest BCUT2D eigenvalue weighted by Crippen LogP contribution is 2.49. The SMILES string of the molecule is CCOC1CC(N)(C(=O)NCc2cc(C)c(C)s2)C1(C)C. The lowest BCUT2D eigenvalue weighted by molar-refractivity contribution is -0.170. The molecule has 2 rings (SSSR count). The molecule has 1 aliphatic carbocycles. The van der Waals surface area contributed by atoms with Gasteiger partial charge in [-0.2, -0.15) is 0 Å². The van der Waals surface area contributed by atoms with Crippen LogP contribution in [0.15, 0.2) is 6.07 Å². The monoisotopic (exact) mass is 310 g/mol. The first kappa shape index (κ1) is 16.5. The van der Waals surface area contributed by atoms with Crippen molar-refractivity contribution in [1.29, 1.82) is 0 Å². The average Bonchev–Trinajstić information content (AvgIpc) is 2.74. The van der Waals surface area contributed by atoms with Gasteiger partial charge >= 0.3 is 0 Å². The number of thiophene rings is 1. The minimum absolute atomic E-state index is 0.0597. The highest BCUT2D eigenvalue weighted by atomic mass is 32.1. The fourth-order valence-electron chi connectivity index (χ4n) is 2.88. The Bertz CT molecular complexity index is 519. The first-order valence-electron chi connectivity index (χ1n) is 7.47. The molecule has 2 atom stereocenters. The second-order valence-electron chi connectivity index (χ2n) is 6.48. The molecular formula is C16H26N2O2S. The van der Waals surface area contributed by atoms with Crippen molar-refractivity contribution >= 4 is 17.2 Å². The molecule has 5 heteroatoms. The van der Waals surface area contributed by atoms with Crippen LogP contribution in [0.25, 0.3) is 0 Å². The first-order valence-corrected chi connectivity index (χ1v) is 8.28. The summed E-state index contributed by atoms with van der Waals surface area (Å²) < 4.78 is 5.66. The molecule has 1 aromatic rings. The molecule has 4 nitrogen and oxygen atoms in total. The van der Waals surface area contributed by atoms with Crippen molar-refractivity contribution in [3.63, 3.8) is 0 Å². The van der Waals surface area contributed by atoms with E-state index < -0.39 is 5.54 Å². The predicted molar refractivity (Wildman–Crippen MR) is 86.4 cm³/mol. The lowest BCUT2D eigenvalue weighted by atomic mass is 9.54. The van der Waals surface area contributed by atoms with E-state index in [1.807, 2.05) is 20.8 Å². The van der Waals surface area contributed by atoms with Crippen LogP contribution >= 0.6 is 11.3 Å². The van der Waals surface area contributed by atoms with E-state index in [0.717, 1.165) is 0 Å². The molecule has 1 heterocycles. The zero-order valence-electron chi connectivity index (χ0n) is 13.6. The van der Waals surface area contributed by atoms with Gasteiger partial charge in [-0.05, 0) is 32.4 Å². The number of hydrogen-bond donors (Lipinski definition) is 2. The molecule has 0 saturated heterocycles. The number of amides is 1. The number of ether oxygens (including phenoxy) is 1. The summed E-state index contributed by atoms with van der Waals surface area (Å²) in [5, 5.41) is 2.99. The molecule has 1 aliphatic rings. The number of carbonyl (C=O) groups is 1. The Labute approximate surface area is 131 Å². The van der Waals surface area contributed by atoms with Crippen molar-refractivity contribution in [1.82, 2.24) is 5.32 Å². The number of nitrogens with one attached hydrogen (secondary N) is 1. The summed E-state index contributed by atoms with van der Waals surface area (Å²) in [6.45, 7) is 11.4. The maximum absolute atomic E-state index is 12.5. The van der Waals surface area contributed by atoms with Gasteiger partial charge in [-0.3, -0.25) is 4.79 Å². The number of rotatable bonds is 5. The van der Waals surface area contributed by atoms with Gasteiger partial charge in [0.25, 0.3) is 0 Å². The van der Waals surface area contributed by atoms with Gasteiger partial charge in [0.15, 0.2) is 0 Å². The van der Waals surface area contributed by atoms with E-state index in [1.54, 1.807) is 11.3 Å². The predicted octanol–water partition coefficient (Wildman–Crippen LogP) is 2.51. The van der Waals surface area contributed by atoms with Crippen molar-refractivity contribution in [3.8, 4) is 0 Å². The van der Waals surface area contributed by atoms with Crippen LogP contribution in [-0.4, -0.2) is 24.2 Å². The zero-order chi connectivity index (χ0) is 15.8. The molecule has 1 fully saturated rings. The van der Waals surface area contributed by atoms with E-state index in [4.69, 9.17) is 10.5 Å². The molecule has 0 bridgehead atoms. The fraction of sp³-hybridized carbons (Fsp3) is 0.688. The molecule has 21 heavy (non-hydrogen) atoms. The molecular weight excluding hydrogens is 284 g/mol. The third-order valence-corrected chi connectivity index (χ3v) is 6.03. The molecule has 0 radical (unpaired) electrons. The van der Waals surface area contributed by atoms with E-state index >= 15 is 0 Å². The van der Waals surface area contributed by atoms with Gasteiger partial charge in [0.1, 0.15) is 5.54 Å². The van der Waals surface area contributed by atoms with Crippen LogP contribution in [0.5, 0.6) is 0 Å². The lowest BCUT2D eigenvalue weighted by Gasteiger charge is -2.57. The minimum Gasteiger partial charge on any atom is -0.378 e. The van der Waals surface area contributed by atoms with Crippen molar-refractivity contribution in [2.45, 2.75) is 59.2 Å². The van der Waals surface area contributed by atoms with Gasteiger partial charge in [-0.15, -0.1) is 11.3 Å². The summed E-state index contributed by atoms with van der Waals surface area (Å²) in [7, 11) is 0. The van der Waals surface area contributed by atoms with Crippen LogP contribution in [-0.2, 0) is 16.1 Å². The van der Waals surface area contributed by atoms with Crippen LogP contribution in [0.4, 0.5) is 0 Å². The third-order valence-electron chi connectivity index (χ3n) is 4.88. The summed E-state index contributed by atoms with van der Waals surface area (Å²) in [6.07, 6.45) is 0.645. The Balaban J connectivity index is 1.97. The van der Waals surface area contributed by atoms with Crippen molar-refractivity contribution < 1.29 is 9.53 Å². The quantitative estimate of drug-likeness (QED) is 0.878. The largest absolute Gasteiger partial charge is 0.378 e. The molecule has 1 aromatic heterocycles. The normalized spacial score (nSPS) is 27.2. The van der Waals surface area contributed by atoms with Crippen LogP contribution in [0, 0.1) is 19.3 Å². The zero-order valence-corrected chi connectivity index (χ0v) is 14.4. The average molecular weight is 310 g/mol. The molecule has 1 amide bonds. The number of nitrogens with two attached hydrogens (primary N) is 1. The van der Waals surface area contributed by atoms with Gasteiger partial charge < -0.3 is 15.8 Å². The second-order valence-corrected chi connectivity index (χ2v) is 7.82. The van der Waals surface area contributed by atoms with Crippen LogP contribution in [0.1, 0.15) is 42.5 Å². The Hall–Kier alpha value is -0.910. The number of hydrogen-bond acceptors (Lipinski definition) is 4. The van der Waals surface area contributed by atoms with Gasteiger partial charge in [-0.25, -0.2) is 0 Å². The molecule has 118 valence electrons. The molecule has 2 unspecified atom stereocenters. The molecule has 3 N–H and O–H groups in total. The van der Waals surface area contributed by atoms with Gasteiger partial charge in [-0.1, -0.05) is 13.8 Å². The summed E-state index contributed by atoms with van der Waals surface area (Å²) in [4.78, 5) is 15.0. The Kier molecular flexibility index (Phi) is 4.47. The van der Waals surface area contributed by atoms with E-state index in [9.17, 15) is 4.79 Å². The Morgan fingerprint density at radius 2 is 2.19 bits per heavy atom. The van der Waals surface area contributed by atoms with Gasteiger partial charge in [0, 0.05) is 28.2 Å². The van der Waals surface area contributed by atoms with Crippen molar-refractivity contribution in [2.24, 2.45) is 11.1 Å². The minimum atomic E-state index is -0.839. The van der Waals surface area contributed by atoms with E-state index in [1.165, 1.54) is 15.3 Å². The van der Waals surface area contributed by atoms with Crippen LogP contribution in [0.3, 0.4) is 0 Å². The topological polar surface area (TPSA) is 64.3 Å². The highest BCUT2D eigenvalue weighted by molar-refractivity contribution is 7.12. The molecule has 1 saturated carbocycles. The van der Waals surface area contributed by atoms with E-state index in [0.29, 0.717) is 19.6 Å². The van der Waals surface area contributed by atoms with Crippen molar-refractivity contribution in [3.05, 3.63) is 21.4 Å². The van der Waals surface area contributed by atoms with E-state index in [2.05, 4.69) is 25.2 Å². The maximum Gasteiger partial charge on any atom is 0.241 e. The smallest absolute Gasteiger partial charge is 0.241 e. The third kappa shape index (κ3) is 2.74. The second kappa shape index (κ2) is 5.71. The summed E-state index contributed by atoms with van der Waals surface area (Å²) in [5.74, 6) is -0.0767. The number of carbonyl (C=O) groups excluding carboxylic acids is 1. The molecule has 0 aliphatic heterocycles. The first-order chi connectivity index (χ1) is 9.72. The Morgan fingerprint density at radius 3 is 2.67 bits per heavy atom. The fourth-order valence-corrected chi connectivity index (χ4v) is 3.88. The van der Waals surface area contributed by atoms with Gasteiger partial charge in [0.2, 0.25) is 5.91 Å².